The fourth-order valence-electron chi connectivity index (χ4n) is 3.27. The Hall–Kier alpha value is -2.90. The van der Waals surface area contributed by atoms with Gasteiger partial charge in [-0.15, -0.1) is 0 Å². The Balaban J connectivity index is 2.21. The number of rotatable bonds is 9. The van der Waals surface area contributed by atoms with Gasteiger partial charge in [0, 0.05) is 19.3 Å². The quantitative estimate of drug-likeness (QED) is 0.163. The van der Waals surface area contributed by atoms with Crippen molar-refractivity contribution in [3.63, 3.8) is 0 Å². The van der Waals surface area contributed by atoms with Crippen LogP contribution < -0.4 is 16.6 Å². The van der Waals surface area contributed by atoms with Gasteiger partial charge < -0.3 is 35.0 Å². The number of benzene rings is 1. The van der Waals surface area contributed by atoms with Crippen LogP contribution in [0.5, 0.6) is 0 Å². The summed E-state index contributed by atoms with van der Waals surface area (Å²) in [4.78, 5) is 34.4. The molecule has 0 spiro atoms. The molecule has 3 atom stereocenters. The lowest BCUT2D eigenvalue weighted by Gasteiger charge is -2.25. The molecule has 2 aliphatic rings. The number of aromatic nitrogens is 4. The minimum atomic E-state index is -1.67. The molecule has 0 aliphatic carbocycles. The van der Waals surface area contributed by atoms with Crippen LogP contribution in [0.3, 0.4) is 0 Å². The summed E-state index contributed by atoms with van der Waals surface area (Å²) in [6, 6.07) is 3.46. The maximum atomic E-state index is 12.3. The lowest BCUT2D eigenvalue weighted by Crippen LogP contribution is -2.42. The third kappa shape index (κ3) is 4.73. The van der Waals surface area contributed by atoms with Crippen molar-refractivity contribution in [2.45, 2.75) is 31.8 Å². The van der Waals surface area contributed by atoms with E-state index < -0.39 is 36.2 Å². The van der Waals surface area contributed by atoms with Gasteiger partial charge in [-0.3, -0.25) is 9.78 Å². The Morgan fingerprint density at radius 1 is 1.19 bits per heavy atom. The second kappa shape index (κ2) is 9.49. The summed E-state index contributed by atoms with van der Waals surface area (Å²) in [5.74, 6) is -0.0855. The third-order valence-corrected chi connectivity index (χ3v) is 4.92. The van der Waals surface area contributed by atoms with Crippen molar-refractivity contribution >= 4 is 16.7 Å². The molecule has 0 aromatic heterocycles. The predicted octanol–water partition coefficient (Wildman–Crippen LogP) is -1.97. The van der Waals surface area contributed by atoms with E-state index >= 15 is 0 Å². The van der Waals surface area contributed by atoms with Crippen LogP contribution in [0.4, 0.5) is 5.69 Å². The molecule has 3 unspecified atom stereocenters. The third-order valence-electron chi connectivity index (χ3n) is 4.92. The summed E-state index contributed by atoms with van der Waals surface area (Å²) in [7, 11) is 1.58. The maximum Gasteiger partial charge on any atom is 0.349 e. The van der Waals surface area contributed by atoms with Crippen LogP contribution in [-0.2, 0) is 11.3 Å². The number of ether oxygens (including phenoxy) is 1. The van der Waals surface area contributed by atoms with E-state index in [0.717, 1.165) is 11.3 Å². The SMILES string of the molecule is COCCNc1cc2c(cc1C)nc1c(=O)[nH]c(=O)nc-1n2CC(O)C(O)C(O)CO. The molecule has 0 saturated carbocycles. The molecule has 6 N–H and O–H groups in total. The average Bonchev–Trinajstić information content (AvgIpc) is 2.73. The molecule has 3 rings (SSSR count). The number of H-pyrrole nitrogens is 1. The van der Waals surface area contributed by atoms with Gasteiger partial charge in [0.05, 0.1) is 30.8 Å². The van der Waals surface area contributed by atoms with Gasteiger partial charge in [0.15, 0.2) is 11.5 Å². The molecule has 1 aromatic carbocycles. The molecule has 2 aliphatic heterocycles. The number of aromatic amines is 1. The van der Waals surface area contributed by atoms with Gasteiger partial charge in [-0.25, -0.2) is 9.78 Å². The zero-order valence-corrected chi connectivity index (χ0v) is 17.1. The normalized spacial score (nSPS) is 14.6. The van der Waals surface area contributed by atoms with E-state index in [1.54, 1.807) is 19.2 Å². The molecule has 0 bridgehead atoms. The minimum absolute atomic E-state index is 0.0855. The first-order valence-electron chi connectivity index (χ1n) is 9.60. The van der Waals surface area contributed by atoms with Gasteiger partial charge in [0.1, 0.15) is 18.3 Å². The van der Waals surface area contributed by atoms with Crippen molar-refractivity contribution in [3.8, 4) is 11.5 Å². The molecule has 168 valence electrons. The Morgan fingerprint density at radius 3 is 2.61 bits per heavy atom. The second-order valence-electron chi connectivity index (χ2n) is 7.15. The van der Waals surface area contributed by atoms with Crippen LogP contribution in [0.2, 0.25) is 0 Å². The van der Waals surface area contributed by atoms with Crippen LogP contribution in [0.25, 0.3) is 22.6 Å². The standard InChI is InChI=1S/C19H25N5O7/c1-9-5-11-12(6-10(9)20-3-4-31-2)24(7-13(26)16(28)14(27)8-25)17-15(21-11)18(29)23-19(30)22-17/h5-6,13-14,16,20,25-28H,3-4,7-8H2,1-2H3,(H,23,29,30). The Labute approximate surface area is 176 Å². The highest BCUT2D eigenvalue weighted by Crippen LogP contribution is 2.27. The van der Waals surface area contributed by atoms with E-state index in [-0.39, 0.29) is 18.1 Å². The number of nitrogens with zero attached hydrogens (tertiary/aromatic N) is 3. The van der Waals surface area contributed by atoms with Crippen LogP contribution in [0.15, 0.2) is 21.7 Å². The molecule has 0 amide bonds. The van der Waals surface area contributed by atoms with Crippen LogP contribution in [0.1, 0.15) is 5.56 Å². The molecule has 2 heterocycles. The smallest absolute Gasteiger partial charge is 0.349 e. The number of aryl methyl sites for hydroxylation is 1. The number of methoxy groups -OCH3 is 1. The highest BCUT2D eigenvalue weighted by Gasteiger charge is 2.27. The van der Waals surface area contributed by atoms with E-state index in [0.29, 0.717) is 24.2 Å². The summed E-state index contributed by atoms with van der Waals surface area (Å²) in [5, 5.41) is 42.4. The van der Waals surface area contributed by atoms with Gasteiger partial charge in [0.25, 0.3) is 5.56 Å². The first-order valence-corrected chi connectivity index (χ1v) is 9.60. The Kier molecular flexibility index (Phi) is 6.97. The van der Waals surface area contributed by atoms with E-state index in [4.69, 9.17) is 9.84 Å². The summed E-state index contributed by atoms with van der Waals surface area (Å²) in [5.41, 5.74) is 0.661. The van der Waals surface area contributed by atoms with Gasteiger partial charge in [-0.05, 0) is 24.6 Å². The first-order chi connectivity index (χ1) is 14.8. The summed E-state index contributed by atoms with van der Waals surface area (Å²) in [6.45, 7) is 1.76. The zero-order chi connectivity index (χ0) is 22.7. The highest BCUT2D eigenvalue weighted by molar-refractivity contribution is 5.84. The second-order valence-corrected chi connectivity index (χ2v) is 7.15. The predicted molar refractivity (Wildman–Crippen MR) is 111 cm³/mol. The summed E-state index contributed by atoms with van der Waals surface area (Å²) in [6.07, 6.45) is -4.78. The van der Waals surface area contributed by atoms with Crippen molar-refractivity contribution in [1.29, 1.82) is 0 Å². The van der Waals surface area contributed by atoms with Crippen molar-refractivity contribution in [2.24, 2.45) is 0 Å². The number of fused-ring (bicyclic) bond motifs is 2. The van der Waals surface area contributed by atoms with Crippen LogP contribution in [0, 0.1) is 6.92 Å². The number of hydrogen-bond donors (Lipinski definition) is 6. The van der Waals surface area contributed by atoms with E-state index in [1.807, 2.05) is 6.92 Å². The first kappa shape index (κ1) is 22.8. The number of nitrogens with one attached hydrogen (secondary N) is 2. The topological polar surface area (TPSA) is 183 Å². The average molecular weight is 435 g/mol. The fourth-order valence-corrected chi connectivity index (χ4v) is 3.27. The molecule has 12 heteroatoms. The number of aliphatic hydroxyl groups excluding tert-OH is 4. The summed E-state index contributed by atoms with van der Waals surface area (Å²) >= 11 is 0. The van der Waals surface area contributed by atoms with Crippen molar-refractivity contribution in [2.75, 3.05) is 32.2 Å². The Morgan fingerprint density at radius 2 is 1.94 bits per heavy atom. The van der Waals surface area contributed by atoms with Crippen LogP contribution >= 0.6 is 0 Å². The van der Waals surface area contributed by atoms with Gasteiger partial charge in [0.2, 0.25) is 0 Å². The van der Waals surface area contributed by atoms with Crippen molar-refractivity contribution in [1.82, 2.24) is 19.5 Å². The van der Waals surface area contributed by atoms with E-state index in [2.05, 4.69) is 20.3 Å². The largest absolute Gasteiger partial charge is 0.394 e. The lowest BCUT2D eigenvalue weighted by molar-refractivity contribution is -0.0802. The summed E-state index contributed by atoms with van der Waals surface area (Å²) < 4.78 is 6.42. The van der Waals surface area contributed by atoms with E-state index in [1.165, 1.54) is 4.57 Å². The number of anilines is 1. The van der Waals surface area contributed by atoms with Gasteiger partial charge in [-0.1, -0.05) is 0 Å². The van der Waals surface area contributed by atoms with Crippen molar-refractivity contribution in [3.05, 3.63) is 38.5 Å². The monoisotopic (exact) mass is 435 g/mol. The van der Waals surface area contributed by atoms with Crippen molar-refractivity contribution < 1.29 is 25.2 Å². The van der Waals surface area contributed by atoms with Crippen LogP contribution in [-0.4, -0.2) is 85.1 Å². The zero-order valence-electron chi connectivity index (χ0n) is 17.1. The molecule has 1 aromatic rings. The lowest BCUT2D eigenvalue weighted by atomic mass is 10.1. The number of hydrogen-bond acceptors (Lipinski definition) is 10. The fraction of sp³-hybridized carbons (Fsp3) is 0.474. The maximum absolute atomic E-state index is 12.3. The molecule has 0 fully saturated rings. The van der Waals surface area contributed by atoms with Gasteiger partial charge in [-0.2, -0.15) is 4.98 Å². The molecule has 12 nitrogen and oxygen atoms in total. The molecule has 0 saturated heterocycles. The molecular formula is C19H25N5O7. The molecular weight excluding hydrogens is 410 g/mol. The van der Waals surface area contributed by atoms with E-state index in [9.17, 15) is 24.9 Å². The molecule has 0 radical (unpaired) electrons. The highest BCUT2D eigenvalue weighted by atomic mass is 16.5. The molecule has 31 heavy (non-hydrogen) atoms. The number of aliphatic hydroxyl groups is 4. The minimum Gasteiger partial charge on any atom is -0.394 e. The Bertz CT molecular complexity index is 1140. The van der Waals surface area contributed by atoms with Gasteiger partial charge >= 0.3 is 5.69 Å².